The lowest BCUT2D eigenvalue weighted by molar-refractivity contribution is -0.192. The van der Waals surface area contributed by atoms with Crippen LogP contribution in [0.1, 0.15) is 5.56 Å². The number of carbonyl (C=O) groups is 1. The van der Waals surface area contributed by atoms with Gasteiger partial charge in [0.15, 0.2) is 0 Å². The number of hydrogen-bond acceptors (Lipinski definition) is 6. The molecular weight excluding hydrogens is 403 g/mol. The largest absolute Gasteiger partial charge is 0.490 e. The highest BCUT2D eigenvalue weighted by Crippen LogP contribution is 2.27. The highest BCUT2D eigenvalue weighted by molar-refractivity contribution is 7.89. The molecular formula is C16H18F3N3O5S. The Kier molecular flexibility index (Phi) is 6.66. The number of nitrogens with zero attached hydrogens (tertiary/aromatic N) is 3. The highest BCUT2D eigenvalue weighted by atomic mass is 32.2. The Bertz CT molecular complexity index is 852. The van der Waals surface area contributed by atoms with Gasteiger partial charge in [-0.1, -0.05) is 0 Å². The number of likely N-dealkylation sites (N-methyl/N-ethyl adjacent to an activating group) is 1. The van der Waals surface area contributed by atoms with Crippen molar-refractivity contribution in [3.8, 4) is 6.07 Å². The van der Waals surface area contributed by atoms with Gasteiger partial charge in [-0.3, -0.25) is 4.90 Å². The van der Waals surface area contributed by atoms with E-state index in [1.165, 1.54) is 28.6 Å². The fourth-order valence-electron chi connectivity index (χ4n) is 2.87. The van der Waals surface area contributed by atoms with Crippen LogP contribution in [-0.2, 0) is 19.6 Å². The van der Waals surface area contributed by atoms with Crippen LogP contribution in [0.15, 0.2) is 29.2 Å². The third-order valence-corrected chi connectivity index (χ3v) is 6.26. The number of carboxylic acid groups (broad SMARTS) is 1. The van der Waals surface area contributed by atoms with Gasteiger partial charge in [-0.25, -0.2) is 13.2 Å². The second-order valence-electron chi connectivity index (χ2n) is 6.22. The van der Waals surface area contributed by atoms with E-state index < -0.39 is 22.2 Å². The zero-order valence-corrected chi connectivity index (χ0v) is 15.6. The molecule has 2 aliphatic heterocycles. The van der Waals surface area contributed by atoms with E-state index in [1.54, 1.807) is 0 Å². The summed E-state index contributed by atoms with van der Waals surface area (Å²) in [7, 11) is -1.53. The molecule has 0 spiro atoms. The van der Waals surface area contributed by atoms with Crippen LogP contribution in [0.2, 0.25) is 0 Å². The summed E-state index contributed by atoms with van der Waals surface area (Å²) in [6.07, 6.45) is -5.14. The summed E-state index contributed by atoms with van der Waals surface area (Å²) in [6.45, 7) is 2.30. The Balaban J connectivity index is 0.000000345. The summed E-state index contributed by atoms with van der Waals surface area (Å²) in [5.74, 6) is -2.76. The highest BCUT2D eigenvalue weighted by Gasteiger charge is 2.43. The minimum atomic E-state index is -5.08. The number of fused-ring (bicyclic) bond motifs is 1. The van der Waals surface area contributed by atoms with Crippen molar-refractivity contribution in [1.82, 2.24) is 9.21 Å². The molecule has 2 saturated heterocycles. The van der Waals surface area contributed by atoms with Gasteiger partial charge >= 0.3 is 12.1 Å². The molecule has 2 atom stereocenters. The van der Waals surface area contributed by atoms with E-state index in [2.05, 4.69) is 4.90 Å². The van der Waals surface area contributed by atoms with E-state index in [-0.39, 0.29) is 17.0 Å². The normalized spacial score (nSPS) is 23.2. The molecule has 0 amide bonds. The smallest absolute Gasteiger partial charge is 0.475 e. The topological polar surface area (TPSA) is 111 Å². The molecule has 3 rings (SSSR count). The molecule has 0 aliphatic carbocycles. The summed E-state index contributed by atoms with van der Waals surface area (Å²) in [6, 6.07) is 8.13. The van der Waals surface area contributed by atoms with Gasteiger partial charge in [0.05, 0.1) is 35.3 Å². The van der Waals surface area contributed by atoms with Crippen molar-refractivity contribution in [3.63, 3.8) is 0 Å². The van der Waals surface area contributed by atoms with Gasteiger partial charge in [0.25, 0.3) is 0 Å². The predicted octanol–water partition coefficient (Wildman–Crippen LogP) is 0.895. The fraction of sp³-hybridized carbons (Fsp3) is 0.500. The quantitative estimate of drug-likeness (QED) is 0.755. The molecule has 28 heavy (non-hydrogen) atoms. The van der Waals surface area contributed by atoms with Crippen molar-refractivity contribution in [3.05, 3.63) is 29.8 Å². The van der Waals surface area contributed by atoms with E-state index in [4.69, 9.17) is 19.9 Å². The van der Waals surface area contributed by atoms with Crippen LogP contribution in [-0.4, -0.2) is 80.3 Å². The van der Waals surface area contributed by atoms with Crippen LogP contribution in [0.5, 0.6) is 0 Å². The Morgan fingerprint density at radius 2 is 1.86 bits per heavy atom. The Morgan fingerprint density at radius 3 is 2.32 bits per heavy atom. The maximum absolute atomic E-state index is 12.7. The summed E-state index contributed by atoms with van der Waals surface area (Å²) < 4.78 is 64.2. The van der Waals surface area contributed by atoms with Crippen molar-refractivity contribution in [2.24, 2.45) is 0 Å². The Labute approximate surface area is 159 Å². The number of hydrogen-bond donors (Lipinski definition) is 1. The molecule has 2 aliphatic rings. The Morgan fingerprint density at radius 1 is 1.29 bits per heavy atom. The van der Waals surface area contributed by atoms with Crippen molar-refractivity contribution < 1.29 is 36.2 Å². The lowest BCUT2D eigenvalue weighted by Crippen LogP contribution is -2.48. The average Bonchev–Trinajstić information content (AvgIpc) is 3.08. The van der Waals surface area contributed by atoms with E-state index in [9.17, 15) is 21.6 Å². The number of sulfonamides is 1. The molecule has 154 valence electrons. The lowest BCUT2D eigenvalue weighted by atomic mass is 10.1. The third-order valence-electron chi connectivity index (χ3n) is 4.41. The molecule has 0 saturated carbocycles. The van der Waals surface area contributed by atoms with E-state index in [0.717, 1.165) is 6.54 Å². The maximum Gasteiger partial charge on any atom is 0.490 e. The number of morpholine rings is 1. The average molecular weight is 421 g/mol. The number of ether oxygens (including phenoxy) is 1. The first kappa shape index (κ1) is 22.1. The van der Waals surface area contributed by atoms with Gasteiger partial charge in [0.2, 0.25) is 10.0 Å². The number of halogens is 3. The molecule has 0 aromatic heterocycles. The number of benzene rings is 1. The van der Waals surface area contributed by atoms with Crippen LogP contribution in [0.3, 0.4) is 0 Å². The van der Waals surface area contributed by atoms with E-state index >= 15 is 0 Å². The predicted molar refractivity (Wildman–Crippen MR) is 89.8 cm³/mol. The van der Waals surface area contributed by atoms with Crippen LogP contribution in [0.4, 0.5) is 13.2 Å². The molecule has 8 nitrogen and oxygen atoms in total. The summed E-state index contributed by atoms with van der Waals surface area (Å²) in [5, 5.41) is 15.9. The molecule has 0 bridgehead atoms. The first-order chi connectivity index (χ1) is 13.0. The summed E-state index contributed by atoms with van der Waals surface area (Å²) in [5.41, 5.74) is 0.451. The third kappa shape index (κ3) is 4.99. The van der Waals surface area contributed by atoms with Gasteiger partial charge < -0.3 is 9.84 Å². The lowest BCUT2D eigenvalue weighted by Gasteiger charge is -2.33. The van der Waals surface area contributed by atoms with Crippen molar-refractivity contribution in [2.75, 3.05) is 33.3 Å². The SMILES string of the molecule is CN1CCO[C@H]2CN(S(=O)(=O)c3ccc(C#N)cc3)C[C@H]21.O=C(O)C(F)(F)F. The number of alkyl halides is 3. The summed E-state index contributed by atoms with van der Waals surface area (Å²) in [4.78, 5) is 11.3. The standard InChI is InChI=1S/C14H17N3O3S.C2HF3O2/c1-16-6-7-20-14-10-17(9-13(14)16)21(18,19)12-4-2-11(8-15)3-5-12;3-2(4,5)1(6)7/h2-5,13-14H,6-7,9-10H2,1H3;(H,6,7)/t13-,14+;/m1./s1. The van der Waals surface area contributed by atoms with Gasteiger partial charge in [-0.15, -0.1) is 0 Å². The van der Waals surface area contributed by atoms with Gasteiger partial charge in [0.1, 0.15) is 0 Å². The zero-order chi connectivity index (χ0) is 21.1. The molecule has 12 heteroatoms. The van der Waals surface area contributed by atoms with Gasteiger partial charge in [-0.05, 0) is 31.3 Å². The van der Waals surface area contributed by atoms with E-state index in [0.29, 0.717) is 25.3 Å². The van der Waals surface area contributed by atoms with Gasteiger partial charge in [-0.2, -0.15) is 22.7 Å². The van der Waals surface area contributed by atoms with Crippen LogP contribution in [0, 0.1) is 11.3 Å². The molecule has 1 aromatic carbocycles. The second-order valence-corrected chi connectivity index (χ2v) is 8.16. The monoisotopic (exact) mass is 421 g/mol. The number of carboxylic acids is 1. The van der Waals surface area contributed by atoms with Crippen LogP contribution < -0.4 is 0 Å². The minimum Gasteiger partial charge on any atom is -0.475 e. The molecule has 1 aromatic rings. The van der Waals surface area contributed by atoms with Crippen molar-refractivity contribution in [2.45, 2.75) is 23.2 Å². The molecule has 0 radical (unpaired) electrons. The fourth-order valence-corrected chi connectivity index (χ4v) is 4.34. The van der Waals surface area contributed by atoms with Crippen LogP contribution >= 0.6 is 0 Å². The number of nitriles is 1. The van der Waals surface area contributed by atoms with Crippen LogP contribution in [0.25, 0.3) is 0 Å². The van der Waals surface area contributed by atoms with E-state index in [1.807, 2.05) is 13.1 Å². The molecule has 2 heterocycles. The zero-order valence-electron chi connectivity index (χ0n) is 14.8. The molecule has 1 N–H and O–H groups in total. The first-order valence-electron chi connectivity index (χ1n) is 8.09. The number of aliphatic carboxylic acids is 1. The Hall–Kier alpha value is -2.20. The molecule has 0 unspecified atom stereocenters. The molecule has 2 fully saturated rings. The number of rotatable bonds is 2. The first-order valence-corrected chi connectivity index (χ1v) is 9.53. The van der Waals surface area contributed by atoms with Gasteiger partial charge in [0, 0.05) is 19.6 Å². The minimum absolute atomic E-state index is 0.0584. The summed E-state index contributed by atoms with van der Waals surface area (Å²) >= 11 is 0. The van der Waals surface area contributed by atoms with Crippen molar-refractivity contribution >= 4 is 16.0 Å². The second kappa shape index (κ2) is 8.44. The maximum atomic E-state index is 12.7. The van der Waals surface area contributed by atoms with Crippen molar-refractivity contribution in [1.29, 1.82) is 5.26 Å².